The first-order chi connectivity index (χ1) is 17.0. The minimum Gasteiger partial charge on any atom is -0.375 e. The number of aryl methyl sites for hydroxylation is 1. The summed E-state index contributed by atoms with van der Waals surface area (Å²) in [6, 6.07) is 14.7. The van der Waals surface area contributed by atoms with E-state index in [9.17, 15) is 32.8 Å². The van der Waals surface area contributed by atoms with Gasteiger partial charge in [-0.15, -0.1) is 0 Å². The van der Waals surface area contributed by atoms with Crippen molar-refractivity contribution in [3.8, 4) is 5.69 Å². The van der Waals surface area contributed by atoms with Crippen molar-refractivity contribution in [2.24, 2.45) is 0 Å². The molecule has 1 N–H and O–H groups in total. The zero-order valence-corrected chi connectivity index (χ0v) is 18.7. The second kappa shape index (κ2) is 8.16. The normalized spacial score (nSPS) is 13.8. The van der Waals surface area contributed by atoms with Crippen molar-refractivity contribution in [1.29, 1.82) is 0 Å². The van der Waals surface area contributed by atoms with Gasteiger partial charge in [0, 0.05) is 34.1 Å². The van der Waals surface area contributed by atoms with Gasteiger partial charge in [0.05, 0.1) is 28.9 Å². The van der Waals surface area contributed by atoms with E-state index in [0.717, 1.165) is 0 Å². The van der Waals surface area contributed by atoms with Crippen LogP contribution in [0.15, 0.2) is 72.9 Å². The van der Waals surface area contributed by atoms with Gasteiger partial charge in [0.25, 0.3) is 5.69 Å². The van der Waals surface area contributed by atoms with Crippen LogP contribution in [0.5, 0.6) is 0 Å². The Morgan fingerprint density at radius 1 is 0.972 bits per heavy atom. The molecule has 11 heteroatoms. The van der Waals surface area contributed by atoms with Crippen LogP contribution in [-0.4, -0.2) is 30.6 Å². The van der Waals surface area contributed by atoms with Crippen molar-refractivity contribution >= 4 is 27.5 Å². The van der Waals surface area contributed by atoms with Gasteiger partial charge < -0.3 is 9.67 Å². The molecule has 0 saturated carbocycles. The van der Waals surface area contributed by atoms with E-state index in [1.807, 2.05) is 0 Å². The predicted molar refractivity (Wildman–Crippen MR) is 124 cm³/mol. The lowest BCUT2D eigenvalue weighted by Crippen LogP contribution is -2.46. The van der Waals surface area contributed by atoms with Crippen LogP contribution in [0.1, 0.15) is 11.3 Å². The van der Waals surface area contributed by atoms with Gasteiger partial charge in [0.1, 0.15) is 5.82 Å². The fraction of sp³-hybridized carbons (Fsp3) is 0.160. The van der Waals surface area contributed by atoms with E-state index >= 15 is 0 Å². The number of fused-ring (bicyclic) bond motifs is 2. The Morgan fingerprint density at radius 2 is 1.67 bits per heavy atom. The highest BCUT2D eigenvalue weighted by Crippen LogP contribution is 2.42. The maximum atomic E-state index is 14.4. The number of hydrogen-bond donors (Lipinski definition) is 1. The summed E-state index contributed by atoms with van der Waals surface area (Å²) in [7, 11) is 0. The molecule has 0 amide bonds. The lowest BCUT2D eigenvalue weighted by atomic mass is 9.91. The minimum absolute atomic E-state index is 0.186. The number of aromatic nitrogens is 3. The van der Waals surface area contributed by atoms with Crippen LogP contribution in [0, 0.1) is 22.9 Å². The molecule has 1 unspecified atom stereocenters. The summed E-state index contributed by atoms with van der Waals surface area (Å²) in [4.78, 5) is 10.5. The van der Waals surface area contributed by atoms with Crippen LogP contribution in [-0.2, 0) is 12.1 Å². The SMILES string of the molecule is Cc1cc2cc([N+](=O)[O-])ccc2n1CC(O)(c1ccc2c(cnn2-c2ccc(F)cc2)c1)C(F)(F)F. The van der Waals surface area contributed by atoms with Crippen molar-refractivity contribution in [1.82, 2.24) is 14.3 Å². The summed E-state index contributed by atoms with van der Waals surface area (Å²) in [5, 5.41) is 27.1. The fourth-order valence-corrected chi connectivity index (χ4v) is 4.37. The number of nitrogens with zero attached hydrogens (tertiary/aromatic N) is 4. The third-order valence-corrected chi connectivity index (χ3v) is 6.28. The molecule has 0 spiro atoms. The number of hydrogen-bond acceptors (Lipinski definition) is 4. The molecule has 7 nitrogen and oxygen atoms in total. The second-order valence-corrected chi connectivity index (χ2v) is 8.54. The standard InChI is InChI=1S/C25H18F4N4O3/c1-15-10-16-12-21(33(35)36)7-9-22(16)31(15)14-24(34,25(27,28)29)18-2-8-23-17(11-18)13-30-32(23)20-5-3-19(26)4-6-20/h2-13,34H,14H2,1H3. The van der Waals surface area contributed by atoms with Gasteiger partial charge in [-0.25, -0.2) is 9.07 Å². The first-order valence-electron chi connectivity index (χ1n) is 10.8. The van der Waals surface area contributed by atoms with Crippen LogP contribution in [0.4, 0.5) is 23.2 Å². The van der Waals surface area contributed by atoms with Crippen LogP contribution in [0.3, 0.4) is 0 Å². The van der Waals surface area contributed by atoms with Gasteiger partial charge in [0.15, 0.2) is 0 Å². The highest BCUT2D eigenvalue weighted by atomic mass is 19.4. The molecule has 0 bridgehead atoms. The number of benzene rings is 3. The lowest BCUT2D eigenvalue weighted by molar-refractivity contribution is -0.384. The molecule has 1 atom stereocenters. The van der Waals surface area contributed by atoms with Crippen molar-refractivity contribution < 1.29 is 27.6 Å². The summed E-state index contributed by atoms with van der Waals surface area (Å²) in [6.45, 7) is 0.708. The van der Waals surface area contributed by atoms with Gasteiger partial charge in [-0.05, 0) is 61.0 Å². The molecule has 184 valence electrons. The number of halogens is 4. The quantitative estimate of drug-likeness (QED) is 0.189. The number of alkyl halides is 3. The summed E-state index contributed by atoms with van der Waals surface area (Å²) < 4.78 is 59.2. The molecule has 0 aliphatic heterocycles. The molecule has 0 aliphatic carbocycles. The molecule has 5 rings (SSSR count). The van der Waals surface area contributed by atoms with Crippen LogP contribution < -0.4 is 0 Å². The molecule has 0 radical (unpaired) electrons. The van der Waals surface area contributed by atoms with Crippen LogP contribution in [0.25, 0.3) is 27.5 Å². The smallest absolute Gasteiger partial charge is 0.375 e. The Labute approximate surface area is 201 Å². The second-order valence-electron chi connectivity index (χ2n) is 8.54. The van der Waals surface area contributed by atoms with Gasteiger partial charge >= 0.3 is 6.18 Å². The molecule has 0 fully saturated rings. The Hall–Kier alpha value is -4.25. The Bertz CT molecular complexity index is 1620. The number of non-ortho nitro benzene ring substituents is 1. The first-order valence-corrected chi connectivity index (χ1v) is 10.8. The van der Waals surface area contributed by atoms with E-state index in [0.29, 0.717) is 33.2 Å². The maximum absolute atomic E-state index is 14.4. The van der Waals surface area contributed by atoms with Gasteiger partial charge in [-0.3, -0.25) is 10.1 Å². The van der Waals surface area contributed by atoms with E-state index in [-0.39, 0.29) is 11.3 Å². The Kier molecular flexibility index (Phi) is 5.32. The van der Waals surface area contributed by atoms with Crippen molar-refractivity contribution in [2.75, 3.05) is 0 Å². The van der Waals surface area contributed by atoms with E-state index in [2.05, 4.69) is 5.10 Å². The molecular formula is C25H18F4N4O3. The van der Waals surface area contributed by atoms with Crippen molar-refractivity contribution in [3.63, 3.8) is 0 Å². The molecule has 0 saturated heterocycles. The molecule has 2 heterocycles. The monoisotopic (exact) mass is 498 g/mol. The third kappa shape index (κ3) is 3.77. The number of nitro groups is 1. The number of rotatable bonds is 5. The Morgan fingerprint density at radius 3 is 2.33 bits per heavy atom. The molecule has 3 aromatic carbocycles. The Balaban J connectivity index is 1.59. The van der Waals surface area contributed by atoms with E-state index < -0.39 is 29.1 Å². The van der Waals surface area contributed by atoms with Crippen LogP contribution in [0.2, 0.25) is 0 Å². The van der Waals surface area contributed by atoms with Crippen molar-refractivity contribution in [2.45, 2.75) is 25.2 Å². The fourth-order valence-electron chi connectivity index (χ4n) is 4.37. The summed E-state index contributed by atoms with van der Waals surface area (Å²) in [5.74, 6) is -0.435. The summed E-state index contributed by atoms with van der Waals surface area (Å²) >= 11 is 0. The zero-order valence-electron chi connectivity index (χ0n) is 18.7. The highest BCUT2D eigenvalue weighted by molar-refractivity contribution is 5.84. The number of aliphatic hydroxyl groups is 1. The first kappa shape index (κ1) is 23.5. The van der Waals surface area contributed by atoms with Crippen LogP contribution >= 0.6 is 0 Å². The molecule has 36 heavy (non-hydrogen) atoms. The third-order valence-electron chi connectivity index (χ3n) is 6.28. The molecular weight excluding hydrogens is 480 g/mol. The zero-order chi connectivity index (χ0) is 25.8. The minimum atomic E-state index is -5.04. The van der Waals surface area contributed by atoms with Gasteiger partial charge in [-0.1, -0.05) is 6.07 Å². The van der Waals surface area contributed by atoms with E-state index in [4.69, 9.17) is 0 Å². The summed E-state index contributed by atoms with van der Waals surface area (Å²) in [6.07, 6.45) is -3.67. The topological polar surface area (TPSA) is 86.1 Å². The summed E-state index contributed by atoms with van der Waals surface area (Å²) in [5.41, 5.74) is -2.11. The predicted octanol–water partition coefficient (Wildman–Crippen LogP) is 5.79. The van der Waals surface area contributed by atoms with E-state index in [1.165, 1.54) is 82.2 Å². The number of nitro benzene ring substituents is 1. The average Bonchev–Trinajstić information content (AvgIpc) is 3.38. The molecule has 0 aliphatic rings. The highest BCUT2D eigenvalue weighted by Gasteiger charge is 2.55. The van der Waals surface area contributed by atoms with Crippen molar-refractivity contribution in [3.05, 3.63) is 100 Å². The average molecular weight is 498 g/mol. The maximum Gasteiger partial charge on any atom is 0.423 e. The van der Waals surface area contributed by atoms with Gasteiger partial charge in [0.2, 0.25) is 5.60 Å². The molecule has 2 aromatic heterocycles. The lowest BCUT2D eigenvalue weighted by Gasteiger charge is -2.32. The van der Waals surface area contributed by atoms with E-state index in [1.54, 1.807) is 6.92 Å². The molecule has 5 aromatic rings. The largest absolute Gasteiger partial charge is 0.423 e. The van der Waals surface area contributed by atoms with Gasteiger partial charge in [-0.2, -0.15) is 18.3 Å².